The minimum absolute atomic E-state index is 0. The molecule has 1 fully saturated rings. The fraction of sp³-hybridized carbons (Fsp3) is 0.478. The Morgan fingerprint density at radius 1 is 1.26 bits per heavy atom. The van der Waals surface area contributed by atoms with Crippen molar-refractivity contribution < 1.29 is 9.21 Å². The number of piperidine rings is 1. The number of carbonyl (C=O) groups excluding carboxylic acids is 1. The van der Waals surface area contributed by atoms with Gasteiger partial charge in [-0.05, 0) is 55.5 Å². The molecule has 2 aromatic rings. The second-order valence-corrected chi connectivity index (χ2v) is 8.09. The van der Waals surface area contributed by atoms with Gasteiger partial charge in [0, 0.05) is 38.6 Å². The highest BCUT2D eigenvalue weighted by atomic mass is 35.5. The van der Waals surface area contributed by atoms with Crippen molar-refractivity contribution in [3.05, 3.63) is 68.8 Å². The summed E-state index contributed by atoms with van der Waals surface area (Å²) in [6, 6.07) is 10.4. The molecule has 1 amide bonds. The molecule has 8 heteroatoms. The highest BCUT2D eigenvalue weighted by Gasteiger charge is 2.22. The molecular formula is C23H31Cl2N3O3. The fourth-order valence-corrected chi connectivity index (χ4v) is 4.36. The highest BCUT2D eigenvalue weighted by molar-refractivity contribution is 5.95. The number of carbonyl (C=O) groups is 1. The Balaban J connectivity index is 0.00000171. The summed E-state index contributed by atoms with van der Waals surface area (Å²) in [6.45, 7) is 6.78. The largest absolute Gasteiger partial charge is 0.427 e. The molecule has 0 bridgehead atoms. The van der Waals surface area contributed by atoms with Gasteiger partial charge in [0.2, 0.25) is 0 Å². The lowest BCUT2D eigenvalue weighted by molar-refractivity contribution is 0.0942. The zero-order valence-corrected chi connectivity index (χ0v) is 19.4. The molecule has 4 rings (SSSR count). The van der Waals surface area contributed by atoms with Crippen LogP contribution in [0.1, 0.15) is 51.6 Å². The smallest absolute Gasteiger partial charge is 0.349 e. The molecular weight excluding hydrogens is 437 g/mol. The standard InChI is InChI=1S/C23H29N3O3.2ClH/c1-16-13-20(18-7-4-9-24-14-18)29-23(28)21(16)22(27)25-10-12-26-11-8-17-5-2-3-6-19(17)15-26;;/h2-3,5-6,13,18,24H,4,7-12,14-15H2,1H3,(H,25,27);2*1H. The summed E-state index contributed by atoms with van der Waals surface area (Å²) in [4.78, 5) is 27.4. The first-order chi connectivity index (χ1) is 14.1. The average Bonchev–Trinajstić information content (AvgIpc) is 2.74. The van der Waals surface area contributed by atoms with Crippen molar-refractivity contribution in [2.75, 3.05) is 32.7 Å². The third-order valence-electron chi connectivity index (χ3n) is 6.02. The van der Waals surface area contributed by atoms with Gasteiger partial charge >= 0.3 is 5.63 Å². The van der Waals surface area contributed by atoms with Crippen LogP contribution in [0.4, 0.5) is 0 Å². The lowest BCUT2D eigenvalue weighted by atomic mass is 9.95. The molecule has 1 aromatic heterocycles. The normalized spacial score (nSPS) is 18.3. The van der Waals surface area contributed by atoms with Gasteiger partial charge in [0.15, 0.2) is 0 Å². The van der Waals surface area contributed by atoms with E-state index < -0.39 is 5.63 Å². The van der Waals surface area contributed by atoms with Crippen LogP contribution in [-0.4, -0.2) is 43.5 Å². The van der Waals surface area contributed by atoms with Gasteiger partial charge in [0.25, 0.3) is 5.91 Å². The molecule has 0 aliphatic carbocycles. The van der Waals surface area contributed by atoms with Crippen molar-refractivity contribution in [3.63, 3.8) is 0 Å². The van der Waals surface area contributed by atoms with E-state index in [9.17, 15) is 9.59 Å². The lowest BCUT2D eigenvalue weighted by Gasteiger charge is -2.28. The van der Waals surface area contributed by atoms with E-state index in [1.807, 2.05) is 13.0 Å². The minimum atomic E-state index is -0.532. The van der Waals surface area contributed by atoms with Crippen LogP contribution < -0.4 is 16.3 Å². The second kappa shape index (κ2) is 11.7. The number of amides is 1. The van der Waals surface area contributed by atoms with Crippen LogP contribution in [0.2, 0.25) is 0 Å². The van der Waals surface area contributed by atoms with Gasteiger partial charge in [0.05, 0.1) is 0 Å². The number of fused-ring (bicyclic) bond motifs is 1. The molecule has 1 atom stereocenters. The summed E-state index contributed by atoms with van der Waals surface area (Å²) >= 11 is 0. The fourth-order valence-electron chi connectivity index (χ4n) is 4.36. The molecule has 6 nitrogen and oxygen atoms in total. The van der Waals surface area contributed by atoms with Gasteiger partial charge in [-0.25, -0.2) is 4.79 Å². The van der Waals surface area contributed by atoms with Crippen molar-refractivity contribution in [2.45, 2.75) is 38.6 Å². The van der Waals surface area contributed by atoms with E-state index in [0.29, 0.717) is 17.9 Å². The number of benzene rings is 1. The summed E-state index contributed by atoms with van der Waals surface area (Å²) in [7, 11) is 0. The zero-order valence-electron chi connectivity index (χ0n) is 17.8. The number of nitrogens with zero attached hydrogens (tertiary/aromatic N) is 1. The third kappa shape index (κ3) is 6.10. The van der Waals surface area contributed by atoms with E-state index in [2.05, 4.69) is 39.8 Å². The number of halogens is 2. The number of hydrogen-bond donors (Lipinski definition) is 2. The van der Waals surface area contributed by atoms with Gasteiger partial charge in [-0.15, -0.1) is 24.8 Å². The van der Waals surface area contributed by atoms with Gasteiger partial charge < -0.3 is 15.1 Å². The predicted molar refractivity (Wildman–Crippen MR) is 127 cm³/mol. The second-order valence-electron chi connectivity index (χ2n) is 8.09. The molecule has 1 aromatic carbocycles. The Morgan fingerprint density at radius 3 is 2.74 bits per heavy atom. The Hall–Kier alpha value is -1.86. The molecule has 0 saturated carbocycles. The molecule has 0 radical (unpaired) electrons. The van der Waals surface area contributed by atoms with Crippen LogP contribution >= 0.6 is 24.8 Å². The maximum atomic E-state index is 12.6. The van der Waals surface area contributed by atoms with Gasteiger partial charge in [-0.1, -0.05) is 24.3 Å². The molecule has 31 heavy (non-hydrogen) atoms. The lowest BCUT2D eigenvalue weighted by Crippen LogP contribution is -2.39. The number of rotatable bonds is 5. The van der Waals surface area contributed by atoms with E-state index in [4.69, 9.17) is 4.42 Å². The molecule has 0 spiro atoms. The van der Waals surface area contributed by atoms with Crippen molar-refractivity contribution in [1.29, 1.82) is 0 Å². The van der Waals surface area contributed by atoms with Crippen molar-refractivity contribution in [2.24, 2.45) is 0 Å². The van der Waals surface area contributed by atoms with Gasteiger partial charge in [-0.3, -0.25) is 9.69 Å². The van der Waals surface area contributed by atoms with E-state index in [-0.39, 0.29) is 42.2 Å². The summed E-state index contributed by atoms with van der Waals surface area (Å²) in [5, 5.41) is 6.23. The first kappa shape index (κ1) is 25.4. The van der Waals surface area contributed by atoms with E-state index in [1.54, 1.807) is 0 Å². The molecule has 2 aliphatic rings. The summed E-state index contributed by atoms with van der Waals surface area (Å²) in [5.41, 5.74) is 3.05. The summed E-state index contributed by atoms with van der Waals surface area (Å²) in [6.07, 6.45) is 3.10. The topological polar surface area (TPSA) is 74.6 Å². The van der Waals surface area contributed by atoms with Crippen LogP contribution in [0.3, 0.4) is 0 Å². The first-order valence-electron chi connectivity index (χ1n) is 10.5. The third-order valence-corrected chi connectivity index (χ3v) is 6.02. The molecule has 2 N–H and O–H groups in total. The predicted octanol–water partition coefficient (Wildman–Crippen LogP) is 3.05. The van der Waals surface area contributed by atoms with Crippen molar-refractivity contribution >= 4 is 30.7 Å². The number of nitrogens with one attached hydrogen (secondary N) is 2. The number of hydrogen-bond acceptors (Lipinski definition) is 5. The number of aryl methyl sites for hydroxylation is 1. The van der Waals surface area contributed by atoms with Crippen LogP contribution in [-0.2, 0) is 13.0 Å². The molecule has 2 aliphatic heterocycles. The zero-order chi connectivity index (χ0) is 20.2. The molecule has 1 saturated heterocycles. The van der Waals surface area contributed by atoms with Crippen molar-refractivity contribution in [1.82, 2.24) is 15.5 Å². The van der Waals surface area contributed by atoms with E-state index >= 15 is 0 Å². The summed E-state index contributed by atoms with van der Waals surface area (Å²) < 4.78 is 5.52. The maximum Gasteiger partial charge on any atom is 0.349 e. The van der Waals surface area contributed by atoms with E-state index in [0.717, 1.165) is 52.0 Å². The summed E-state index contributed by atoms with van der Waals surface area (Å²) in [5.74, 6) is 0.541. The van der Waals surface area contributed by atoms with Crippen LogP contribution in [0.15, 0.2) is 39.5 Å². The van der Waals surface area contributed by atoms with Crippen molar-refractivity contribution in [3.8, 4) is 0 Å². The molecule has 3 heterocycles. The maximum absolute atomic E-state index is 12.6. The Labute approximate surface area is 195 Å². The van der Waals surface area contributed by atoms with E-state index in [1.165, 1.54) is 11.1 Å². The molecule has 1 unspecified atom stereocenters. The molecule has 170 valence electrons. The van der Waals surface area contributed by atoms with Crippen LogP contribution in [0.25, 0.3) is 0 Å². The highest BCUT2D eigenvalue weighted by Crippen LogP contribution is 2.23. The van der Waals surface area contributed by atoms with Crippen LogP contribution in [0, 0.1) is 6.92 Å². The SMILES string of the molecule is Cc1cc(C2CCCNC2)oc(=O)c1C(=O)NCCN1CCc2ccccc2C1.Cl.Cl. The Kier molecular flexibility index (Phi) is 9.56. The average molecular weight is 468 g/mol. The van der Waals surface area contributed by atoms with Crippen LogP contribution in [0.5, 0.6) is 0 Å². The monoisotopic (exact) mass is 467 g/mol. The Morgan fingerprint density at radius 2 is 2.03 bits per heavy atom. The quantitative estimate of drug-likeness (QED) is 0.706. The minimum Gasteiger partial charge on any atom is -0.427 e. The Bertz CT molecular complexity index is 942. The first-order valence-corrected chi connectivity index (χ1v) is 10.5. The van der Waals surface area contributed by atoms with Gasteiger partial charge in [-0.2, -0.15) is 0 Å². The van der Waals surface area contributed by atoms with Gasteiger partial charge in [0.1, 0.15) is 11.3 Å².